The normalized spacial score (nSPS) is 17.0. The van der Waals surface area contributed by atoms with Gasteiger partial charge < -0.3 is 0 Å². The zero-order valence-electron chi connectivity index (χ0n) is 13.1. The van der Waals surface area contributed by atoms with Crippen LogP contribution in [-0.2, 0) is 16.8 Å². The van der Waals surface area contributed by atoms with Crippen LogP contribution < -0.4 is 4.72 Å². The molecule has 23 heavy (non-hydrogen) atoms. The molecule has 0 bridgehead atoms. The van der Waals surface area contributed by atoms with Crippen molar-refractivity contribution in [2.75, 3.05) is 13.1 Å². The maximum absolute atomic E-state index is 12.4. The van der Waals surface area contributed by atoms with Gasteiger partial charge in [-0.25, -0.2) is 4.68 Å². The van der Waals surface area contributed by atoms with E-state index < -0.39 is 10.2 Å². The fourth-order valence-corrected chi connectivity index (χ4v) is 4.05. The molecule has 2 heterocycles. The Morgan fingerprint density at radius 1 is 1.09 bits per heavy atom. The maximum Gasteiger partial charge on any atom is 0.279 e. The predicted molar refractivity (Wildman–Crippen MR) is 89.4 cm³/mol. The third kappa shape index (κ3) is 4.19. The van der Waals surface area contributed by atoms with Crippen molar-refractivity contribution in [2.45, 2.75) is 32.2 Å². The van der Waals surface area contributed by atoms with Gasteiger partial charge in [0.2, 0.25) is 0 Å². The lowest BCUT2D eigenvalue weighted by Gasteiger charge is -2.20. The molecule has 6 nitrogen and oxygen atoms in total. The molecule has 124 valence electrons. The van der Waals surface area contributed by atoms with Crippen LogP contribution in [0.2, 0.25) is 0 Å². The van der Waals surface area contributed by atoms with Crippen molar-refractivity contribution in [3.05, 3.63) is 48.3 Å². The molecular formula is C16H22N4O2S. The number of hydrogen-bond donors (Lipinski definition) is 1. The number of aromatic nitrogens is 2. The molecule has 0 radical (unpaired) electrons. The Labute approximate surface area is 137 Å². The largest absolute Gasteiger partial charge is 0.279 e. The minimum Gasteiger partial charge on any atom is -0.241 e. The number of hydrogen-bond acceptors (Lipinski definition) is 3. The molecule has 1 aromatic heterocycles. The van der Waals surface area contributed by atoms with Gasteiger partial charge in [0.05, 0.1) is 5.69 Å². The Bertz CT molecular complexity index is 720. The van der Waals surface area contributed by atoms with Crippen molar-refractivity contribution in [3.8, 4) is 5.69 Å². The summed E-state index contributed by atoms with van der Waals surface area (Å²) < 4.78 is 30.9. The van der Waals surface area contributed by atoms with Gasteiger partial charge in [-0.2, -0.15) is 22.5 Å². The van der Waals surface area contributed by atoms with Gasteiger partial charge in [-0.15, -0.1) is 0 Å². The van der Waals surface area contributed by atoms with E-state index in [4.69, 9.17) is 0 Å². The summed E-state index contributed by atoms with van der Waals surface area (Å²) in [4.78, 5) is 0. The number of nitrogens with zero attached hydrogens (tertiary/aromatic N) is 3. The highest BCUT2D eigenvalue weighted by Crippen LogP contribution is 2.14. The third-order valence-corrected chi connectivity index (χ3v) is 5.60. The fraction of sp³-hybridized carbons (Fsp3) is 0.438. The highest BCUT2D eigenvalue weighted by molar-refractivity contribution is 7.87. The van der Waals surface area contributed by atoms with Crippen LogP contribution in [0.4, 0.5) is 0 Å². The van der Waals surface area contributed by atoms with E-state index >= 15 is 0 Å². The zero-order chi connectivity index (χ0) is 16.1. The Balaban J connectivity index is 1.66. The second-order valence-corrected chi connectivity index (χ2v) is 7.52. The molecule has 1 aliphatic rings. The van der Waals surface area contributed by atoms with Crippen LogP contribution in [0.3, 0.4) is 0 Å². The van der Waals surface area contributed by atoms with E-state index in [1.54, 1.807) is 15.2 Å². The Hall–Kier alpha value is -1.70. The molecule has 2 aromatic rings. The van der Waals surface area contributed by atoms with Crippen LogP contribution in [0.25, 0.3) is 5.69 Å². The highest BCUT2D eigenvalue weighted by Gasteiger charge is 2.22. The van der Waals surface area contributed by atoms with E-state index in [9.17, 15) is 8.42 Å². The first-order chi connectivity index (χ1) is 11.1. The van der Waals surface area contributed by atoms with Crippen molar-refractivity contribution in [2.24, 2.45) is 0 Å². The second kappa shape index (κ2) is 7.25. The summed E-state index contributed by atoms with van der Waals surface area (Å²) in [6.07, 6.45) is 7.68. The first-order valence-corrected chi connectivity index (χ1v) is 9.43. The van der Waals surface area contributed by atoms with Gasteiger partial charge in [-0.3, -0.25) is 0 Å². The molecule has 0 saturated carbocycles. The maximum atomic E-state index is 12.4. The summed E-state index contributed by atoms with van der Waals surface area (Å²) in [6, 6.07) is 9.57. The average Bonchev–Trinajstić information content (AvgIpc) is 2.95. The summed E-state index contributed by atoms with van der Waals surface area (Å²) in [5.41, 5.74) is 1.83. The molecule has 1 fully saturated rings. The number of rotatable bonds is 5. The van der Waals surface area contributed by atoms with E-state index in [-0.39, 0.29) is 6.54 Å². The smallest absolute Gasteiger partial charge is 0.241 e. The SMILES string of the molecule is O=S(=O)(NCc1cccc(-n2cccn2)c1)N1CCCCCC1. The van der Waals surface area contributed by atoms with Crippen molar-refractivity contribution in [3.63, 3.8) is 0 Å². The lowest BCUT2D eigenvalue weighted by molar-refractivity contribution is 0.414. The lowest BCUT2D eigenvalue weighted by atomic mass is 10.2. The number of nitrogens with one attached hydrogen (secondary N) is 1. The van der Waals surface area contributed by atoms with Crippen molar-refractivity contribution in [1.82, 2.24) is 18.8 Å². The van der Waals surface area contributed by atoms with Gasteiger partial charge >= 0.3 is 0 Å². The summed E-state index contributed by atoms with van der Waals surface area (Å²) in [7, 11) is -3.41. The summed E-state index contributed by atoms with van der Waals surface area (Å²) in [5.74, 6) is 0. The lowest BCUT2D eigenvalue weighted by Crippen LogP contribution is -2.40. The highest BCUT2D eigenvalue weighted by atomic mass is 32.2. The molecular weight excluding hydrogens is 312 g/mol. The average molecular weight is 334 g/mol. The van der Waals surface area contributed by atoms with Gasteiger partial charge in [0.25, 0.3) is 10.2 Å². The monoisotopic (exact) mass is 334 g/mol. The van der Waals surface area contributed by atoms with Crippen LogP contribution in [0.15, 0.2) is 42.7 Å². The van der Waals surface area contributed by atoms with Gasteiger partial charge in [0.15, 0.2) is 0 Å². The van der Waals surface area contributed by atoms with Crippen LogP contribution in [0, 0.1) is 0 Å². The fourth-order valence-electron chi connectivity index (χ4n) is 2.78. The quantitative estimate of drug-likeness (QED) is 0.910. The van der Waals surface area contributed by atoms with Gasteiger partial charge in [-0.1, -0.05) is 25.0 Å². The van der Waals surface area contributed by atoms with Crippen LogP contribution in [0.1, 0.15) is 31.2 Å². The molecule has 0 amide bonds. The van der Waals surface area contributed by atoms with Crippen molar-refractivity contribution >= 4 is 10.2 Å². The summed E-state index contributed by atoms with van der Waals surface area (Å²) in [5, 5.41) is 4.19. The standard InChI is InChI=1S/C16H22N4O2S/c21-23(22,19-10-3-1-2-4-11-19)18-14-15-7-5-8-16(13-15)20-12-6-9-17-20/h5-9,12-13,18H,1-4,10-11,14H2. The third-order valence-electron chi connectivity index (χ3n) is 4.04. The first kappa shape index (κ1) is 16.2. The van der Waals surface area contributed by atoms with Crippen LogP contribution in [0.5, 0.6) is 0 Å². The van der Waals surface area contributed by atoms with Gasteiger partial charge in [0.1, 0.15) is 0 Å². The molecule has 0 unspecified atom stereocenters. The molecule has 0 aliphatic carbocycles. The predicted octanol–water partition coefficient (Wildman–Crippen LogP) is 2.08. The molecule has 3 rings (SSSR count). The van der Waals surface area contributed by atoms with E-state index in [1.807, 2.05) is 36.5 Å². The van der Waals surface area contributed by atoms with E-state index in [0.29, 0.717) is 13.1 Å². The van der Waals surface area contributed by atoms with Gasteiger partial charge in [-0.05, 0) is 36.6 Å². The second-order valence-electron chi connectivity index (χ2n) is 5.76. The minimum atomic E-state index is -3.41. The van der Waals surface area contributed by atoms with Crippen LogP contribution >= 0.6 is 0 Å². The minimum absolute atomic E-state index is 0.286. The zero-order valence-corrected chi connectivity index (χ0v) is 13.9. The first-order valence-electron chi connectivity index (χ1n) is 7.99. The Morgan fingerprint density at radius 3 is 2.57 bits per heavy atom. The molecule has 1 aromatic carbocycles. The molecule has 0 atom stereocenters. The Morgan fingerprint density at radius 2 is 1.87 bits per heavy atom. The van der Waals surface area contributed by atoms with Crippen molar-refractivity contribution < 1.29 is 8.42 Å². The van der Waals surface area contributed by atoms with Gasteiger partial charge in [0, 0.05) is 32.0 Å². The molecule has 1 N–H and O–H groups in total. The topological polar surface area (TPSA) is 67.2 Å². The molecule has 7 heteroatoms. The van der Waals surface area contributed by atoms with Crippen LogP contribution in [-0.4, -0.2) is 35.6 Å². The summed E-state index contributed by atoms with van der Waals surface area (Å²) >= 11 is 0. The van der Waals surface area contributed by atoms with E-state index in [2.05, 4.69) is 9.82 Å². The van der Waals surface area contributed by atoms with Crippen molar-refractivity contribution in [1.29, 1.82) is 0 Å². The number of benzene rings is 1. The molecule has 1 saturated heterocycles. The Kier molecular flexibility index (Phi) is 5.09. The summed E-state index contributed by atoms with van der Waals surface area (Å²) in [6.45, 7) is 1.51. The molecule has 0 spiro atoms. The molecule has 1 aliphatic heterocycles. The van der Waals surface area contributed by atoms with E-state index in [0.717, 1.165) is 36.9 Å². The van der Waals surface area contributed by atoms with E-state index in [1.165, 1.54) is 0 Å².